The van der Waals surface area contributed by atoms with Gasteiger partial charge in [0.15, 0.2) is 0 Å². The molecule has 2 aromatic carbocycles. The molecule has 0 radical (unpaired) electrons. The molecule has 0 aromatic heterocycles. The number of rotatable bonds is 3. The van der Waals surface area contributed by atoms with Gasteiger partial charge in [0.1, 0.15) is 5.75 Å². The van der Waals surface area contributed by atoms with Gasteiger partial charge in [-0.2, -0.15) is 0 Å². The van der Waals surface area contributed by atoms with Crippen LogP contribution in [-0.2, 0) is 0 Å². The third-order valence-corrected chi connectivity index (χ3v) is 2.59. The number of carbonyl (C=O) groups is 2. The van der Waals surface area contributed by atoms with E-state index < -0.39 is 5.24 Å². The summed E-state index contributed by atoms with van der Waals surface area (Å²) in [5.41, 5.74) is 6.01. The van der Waals surface area contributed by atoms with Crippen LogP contribution in [0.3, 0.4) is 0 Å². The molecule has 0 saturated carbocycles. The Balaban J connectivity index is 0.000000204. The first-order chi connectivity index (χ1) is 9.54. The maximum absolute atomic E-state index is 10.6. The lowest BCUT2D eigenvalue weighted by Gasteiger charge is -1.98. The quantitative estimate of drug-likeness (QED) is 0.884. The molecule has 0 spiro atoms. The van der Waals surface area contributed by atoms with Crippen molar-refractivity contribution in [2.75, 3.05) is 7.11 Å². The number of benzene rings is 2. The first-order valence-electron chi connectivity index (χ1n) is 5.73. The summed E-state index contributed by atoms with van der Waals surface area (Å²) in [4.78, 5) is 21.0. The summed E-state index contributed by atoms with van der Waals surface area (Å²) in [6.45, 7) is 0. The van der Waals surface area contributed by atoms with Gasteiger partial charge in [0.25, 0.3) is 5.24 Å². The first kappa shape index (κ1) is 15.7. The van der Waals surface area contributed by atoms with Crippen LogP contribution in [0.4, 0.5) is 0 Å². The number of methoxy groups -OCH3 is 1. The van der Waals surface area contributed by atoms with E-state index in [9.17, 15) is 9.59 Å². The van der Waals surface area contributed by atoms with E-state index in [1.807, 2.05) is 6.07 Å². The molecule has 2 rings (SSSR count). The zero-order valence-electron chi connectivity index (χ0n) is 10.9. The fourth-order valence-corrected chi connectivity index (χ4v) is 1.45. The normalized spacial score (nSPS) is 9.10. The monoisotopic (exact) mass is 291 g/mol. The Hall–Kier alpha value is -2.33. The fraction of sp³-hybridized carbons (Fsp3) is 0.0667. The smallest absolute Gasteiger partial charge is 0.252 e. The van der Waals surface area contributed by atoms with E-state index in [4.69, 9.17) is 22.1 Å². The van der Waals surface area contributed by atoms with Crippen molar-refractivity contribution in [3.8, 4) is 5.75 Å². The SMILES string of the molecule is COc1ccc(C(=O)Cl)cc1.NC(=O)c1ccccc1. The molecule has 104 valence electrons. The highest BCUT2D eigenvalue weighted by Gasteiger charge is 1.99. The van der Waals surface area contributed by atoms with Gasteiger partial charge in [0.05, 0.1) is 7.11 Å². The number of primary amides is 1. The van der Waals surface area contributed by atoms with Crippen LogP contribution < -0.4 is 10.5 Å². The van der Waals surface area contributed by atoms with Gasteiger partial charge in [-0.15, -0.1) is 0 Å². The lowest BCUT2D eigenvalue weighted by Crippen LogP contribution is -2.09. The van der Waals surface area contributed by atoms with Gasteiger partial charge in [0.2, 0.25) is 5.91 Å². The molecule has 0 fully saturated rings. The Morgan fingerprint density at radius 2 is 1.50 bits per heavy atom. The second-order valence-corrected chi connectivity index (χ2v) is 4.08. The van der Waals surface area contributed by atoms with Crippen molar-refractivity contribution < 1.29 is 14.3 Å². The molecule has 0 aliphatic heterocycles. The second-order valence-electron chi connectivity index (χ2n) is 3.73. The van der Waals surface area contributed by atoms with E-state index in [0.717, 1.165) is 0 Å². The second kappa shape index (κ2) is 7.96. The predicted octanol–water partition coefficient (Wildman–Crippen LogP) is 2.86. The minimum atomic E-state index is -0.451. The van der Waals surface area contributed by atoms with Crippen molar-refractivity contribution in [3.05, 3.63) is 65.7 Å². The molecule has 2 N–H and O–H groups in total. The number of halogens is 1. The molecule has 1 amide bonds. The summed E-state index contributed by atoms with van der Waals surface area (Å²) in [7, 11) is 1.57. The van der Waals surface area contributed by atoms with Crippen molar-refractivity contribution >= 4 is 22.8 Å². The van der Waals surface area contributed by atoms with E-state index in [1.54, 1.807) is 55.6 Å². The van der Waals surface area contributed by atoms with E-state index in [0.29, 0.717) is 16.9 Å². The Labute approximate surface area is 122 Å². The number of hydrogen-bond acceptors (Lipinski definition) is 3. The molecule has 20 heavy (non-hydrogen) atoms. The van der Waals surface area contributed by atoms with Crippen LogP contribution in [0, 0.1) is 0 Å². The van der Waals surface area contributed by atoms with Crippen molar-refractivity contribution in [2.24, 2.45) is 5.73 Å². The number of hydrogen-bond donors (Lipinski definition) is 1. The average molecular weight is 292 g/mol. The van der Waals surface area contributed by atoms with Crippen molar-refractivity contribution in [1.82, 2.24) is 0 Å². The summed E-state index contributed by atoms with van der Waals surface area (Å²) >= 11 is 5.22. The van der Waals surface area contributed by atoms with Gasteiger partial charge in [0, 0.05) is 11.1 Å². The van der Waals surface area contributed by atoms with Gasteiger partial charge < -0.3 is 10.5 Å². The highest BCUT2D eigenvalue weighted by Crippen LogP contribution is 2.12. The van der Waals surface area contributed by atoms with Crippen LogP contribution in [0.25, 0.3) is 0 Å². The Bertz CT molecular complexity index is 567. The van der Waals surface area contributed by atoms with Gasteiger partial charge in [-0.3, -0.25) is 9.59 Å². The van der Waals surface area contributed by atoms with Crippen LogP contribution >= 0.6 is 11.6 Å². The molecular formula is C15H14ClNO3. The van der Waals surface area contributed by atoms with E-state index in [1.165, 1.54) is 0 Å². The van der Waals surface area contributed by atoms with E-state index in [-0.39, 0.29) is 5.91 Å². The molecule has 0 heterocycles. The van der Waals surface area contributed by atoms with Gasteiger partial charge in [-0.25, -0.2) is 0 Å². The van der Waals surface area contributed by atoms with Crippen LogP contribution in [0.2, 0.25) is 0 Å². The van der Waals surface area contributed by atoms with Crippen LogP contribution in [0.1, 0.15) is 20.7 Å². The molecule has 0 unspecified atom stereocenters. The maximum Gasteiger partial charge on any atom is 0.252 e. The summed E-state index contributed by atoms with van der Waals surface area (Å²) < 4.78 is 4.89. The molecule has 4 nitrogen and oxygen atoms in total. The highest BCUT2D eigenvalue weighted by atomic mass is 35.5. The van der Waals surface area contributed by atoms with Crippen LogP contribution in [0.5, 0.6) is 5.75 Å². The van der Waals surface area contributed by atoms with Gasteiger partial charge >= 0.3 is 0 Å². The summed E-state index contributed by atoms with van der Waals surface area (Å²) in [6, 6.07) is 15.4. The number of nitrogens with two attached hydrogens (primary N) is 1. The van der Waals surface area contributed by atoms with Crippen molar-refractivity contribution in [2.45, 2.75) is 0 Å². The molecule has 0 aliphatic carbocycles. The van der Waals surface area contributed by atoms with Crippen LogP contribution in [-0.4, -0.2) is 18.3 Å². The number of amides is 1. The first-order valence-corrected chi connectivity index (χ1v) is 6.11. The maximum atomic E-state index is 10.6. The number of ether oxygens (including phenoxy) is 1. The molecule has 0 bridgehead atoms. The third-order valence-electron chi connectivity index (χ3n) is 2.38. The zero-order valence-corrected chi connectivity index (χ0v) is 11.6. The lowest BCUT2D eigenvalue weighted by atomic mass is 10.2. The Kier molecular flexibility index (Phi) is 6.26. The molecule has 0 aliphatic rings. The van der Waals surface area contributed by atoms with Gasteiger partial charge in [-0.1, -0.05) is 18.2 Å². The molecule has 2 aromatic rings. The Morgan fingerprint density at radius 3 is 1.85 bits per heavy atom. The summed E-state index contributed by atoms with van der Waals surface area (Å²) in [6.07, 6.45) is 0. The Morgan fingerprint density at radius 1 is 0.950 bits per heavy atom. The third kappa shape index (κ3) is 5.12. The molecule has 5 heteroatoms. The summed E-state index contributed by atoms with van der Waals surface area (Å²) in [5, 5.41) is -0.451. The fourth-order valence-electron chi connectivity index (χ4n) is 1.32. The zero-order chi connectivity index (χ0) is 15.0. The minimum Gasteiger partial charge on any atom is -0.497 e. The lowest BCUT2D eigenvalue weighted by molar-refractivity contribution is 0.0999. The van der Waals surface area contributed by atoms with Crippen molar-refractivity contribution in [1.29, 1.82) is 0 Å². The molecular weight excluding hydrogens is 278 g/mol. The van der Waals surface area contributed by atoms with E-state index in [2.05, 4.69) is 0 Å². The average Bonchev–Trinajstić information content (AvgIpc) is 2.49. The van der Waals surface area contributed by atoms with Crippen molar-refractivity contribution in [3.63, 3.8) is 0 Å². The van der Waals surface area contributed by atoms with E-state index >= 15 is 0 Å². The number of carbonyl (C=O) groups excluding carboxylic acids is 2. The van der Waals surface area contributed by atoms with Gasteiger partial charge in [-0.05, 0) is 48.0 Å². The summed E-state index contributed by atoms with van der Waals surface area (Å²) in [5.74, 6) is 0.335. The van der Waals surface area contributed by atoms with Crippen LogP contribution in [0.15, 0.2) is 54.6 Å². The molecule has 0 saturated heterocycles. The minimum absolute atomic E-state index is 0.379. The largest absolute Gasteiger partial charge is 0.497 e. The highest BCUT2D eigenvalue weighted by molar-refractivity contribution is 6.67. The topological polar surface area (TPSA) is 69.4 Å². The standard InChI is InChI=1S/C8H7ClO2.C7H7NO/c1-11-7-4-2-6(3-5-7)8(9)10;8-7(9)6-4-2-1-3-5-6/h2-5H,1H3;1-5H,(H2,8,9). The molecule has 0 atom stereocenters. The predicted molar refractivity (Wildman–Crippen MR) is 78.1 cm³/mol.